The lowest BCUT2D eigenvalue weighted by molar-refractivity contribution is -0.116. The predicted octanol–water partition coefficient (Wildman–Crippen LogP) is 2.69. The maximum absolute atomic E-state index is 11.5. The third-order valence-corrected chi connectivity index (χ3v) is 4.33. The van der Waals surface area contributed by atoms with Crippen molar-refractivity contribution >= 4 is 11.6 Å². The Morgan fingerprint density at radius 3 is 2.67 bits per heavy atom. The van der Waals surface area contributed by atoms with Gasteiger partial charge in [-0.05, 0) is 36.5 Å². The van der Waals surface area contributed by atoms with E-state index in [0.717, 1.165) is 24.9 Å². The van der Waals surface area contributed by atoms with E-state index in [1.807, 2.05) is 12.1 Å². The molecule has 1 amide bonds. The van der Waals surface area contributed by atoms with Gasteiger partial charge < -0.3 is 11.1 Å². The van der Waals surface area contributed by atoms with Crippen LogP contribution in [-0.2, 0) is 16.8 Å². The summed E-state index contributed by atoms with van der Waals surface area (Å²) in [5.41, 5.74) is 9.95. The first kappa shape index (κ1) is 11.7. The van der Waals surface area contributed by atoms with E-state index in [1.165, 1.54) is 30.4 Å². The zero-order chi connectivity index (χ0) is 12.6. The molecule has 0 saturated heterocycles. The summed E-state index contributed by atoms with van der Waals surface area (Å²) in [6.45, 7) is 0. The molecule has 0 radical (unpaired) electrons. The highest BCUT2D eigenvalue weighted by molar-refractivity contribution is 5.94. The number of rotatable bonds is 1. The minimum atomic E-state index is -0.175. The van der Waals surface area contributed by atoms with Gasteiger partial charge in [0.25, 0.3) is 0 Å². The quantitative estimate of drug-likeness (QED) is 0.798. The summed E-state index contributed by atoms with van der Waals surface area (Å²) in [5, 5.41) is 2.96. The topological polar surface area (TPSA) is 55.1 Å². The van der Waals surface area contributed by atoms with Crippen molar-refractivity contribution < 1.29 is 4.79 Å². The molecule has 1 saturated carbocycles. The van der Waals surface area contributed by atoms with E-state index in [-0.39, 0.29) is 11.4 Å². The lowest BCUT2D eigenvalue weighted by Crippen LogP contribution is -2.40. The van der Waals surface area contributed by atoms with Crippen molar-refractivity contribution in [3.05, 3.63) is 29.3 Å². The van der Waals surface area contributed by atoms with E-state index in [4.69, 9.17) is 5.73 Å². The summed E-state index contributed by atoms with van der Waals surface area (Å²) in [6.07, 6.45) is 7.27. The molecule has 0 bridgehead atoms. The second-order valence-corrected chi connectivity index (χ2v) is 5.60. The molecule has 1 fully saturated rings. The van der Waals surface area contributed by atoms with Crippen molar-refractivity contribution in [3.8, 4) is 0 Å². The van der Waals surface area contributed by atoms with Crippen LogP contribution >= 0.6 is 0 Å². The lowest BCUT2D eigenvalue weighted by Gasteiger charge is -2.36. The summed E-state index contributed by atoms with van der Waals surface area (Å²) < 4.78 is 0. The van der Waals surface area contributed by atoms with E-state index in [9.17, 15) is 4.79 Å². The molecular formula is C15H20N2O. The standard InChI is InChI=1S/C15H20N2O/c16-15(9-2-1-3-10-15)12-5-4-6-13-11(12)7-8-14(18)17-13/h4-6H,1-3,7-10,16H2,(H,17,18). The molecule has 0 unspecified atom stereocenters. The lowest BCUT2D eigenvalue weighted by atomic mass is 9.74. The number of nitrogens with two attached hydrogens (primary N) is 1. The van der Waals surface area contributed by atoms with Gasteiger partial charge in [-0.15, -0.1) is 0 Å². The SMILES string of the molecule is NC1(c2cccc3c2CCC(=O)N3)CCCCC1. The number of amides is 1. The van der Waals surface area contributed by atoms with Gasteiger partial charge in [-0.25, -0.2) is 0 Å². The van der Waals surface area contributed by atoms with Gasteiger partial charge in [0.05, 0.1) is 0 Å². The van der Waals surface area contributed by atoms with Crippen LogP contribution < -0.4 is 11.1 Å². The molecule has 0 spiro atoms. The minimum Gasteiger partial charge on any atom is -0.326 e. The van der Waals surface area contributed by atoms with Gasteiger partial charge in [0.15, 0.2) is 0 Å². The van der Waals surface area contributed by atoms with Crippen LogP contribution in [0.25, 0.3) is 0 Å². The molecule has 1 aliphatic heterocycles. The summed E-state index contributed by atoms with van der Waals surface area (Å²) in [7, 11) is 0. The molecule has 1 aliphatic carbocycles. The monoisotopic (exact) mass is 244 g/mol. The molecule has 3 nitrogen and oxygen atoms in total. The van der Waals surface area contributed by atoms with E-state index >= 15 is 0 Å². The third-order valence-electron chi connectivity index (χ3n) is 4.33. The number of carbonyl (C=O) groups excluding carboxylic acids is 1. The van der Waals surface area contributed by atoms with Crippen molar-refractivity contribution in [1.82, 2.24) is 0 Å². The zero-order valence-electron chi connectivity index (χ0n) is 10.7. The van der Waals surface area contributed by atoms with Crippen LogP contribution in [0.2, 0.25) is 0 Å². The average Bonchev–Trinajstić information content (AvgIpc) is 2.38. The molecule has 1 aromatic carbocycles. The zero-order valence-corrected chi connectivity index (χ0v) is 10.7. The Morgan fingerprint density at radius 2 is 1.89 bits per heavy atom. The summed E-state index contributed by atoms with van der Waals surface area (Å²) in [6, 6.07) is 6.16. The van der Waals surface area contributed by atoms with Crippen LogP contribution in [-0.4, -0.2) is 5.91 Å². The van der Waals surface area contributed by atoms with Gasteiger partial charge in [0.2, 0.25) is 5.91 Å². The Hall–Kier alpha value is -1.35. The predicted molar refractivity (Wildman–Crippen MR) is 72.3 cm³/mol. The first-order valence-electron chi connectivity index (χ1n) is 6.90. The number of nitrogens with one attached hydrogen (secondary N) is 1. The molecule has 3 heteroatoms. The molecule has 0 atom stereocenters. The Balaban J connectivity index is 2.02. The van der Waals surface area contributed by atoms with Crippen LogP contribution in [0, 0.1) is 0 Å². The Bertz CT molecular complexity index is 475. The largest absolute Gasteiger partial charge is 0.326 e. The highest BCUT2D eigenvalue weighted by atomic mass is 16.1. The molecule has 96 valence electrons. The first-order valence-corrected chi connectivity index (χ1v) is 6.90. The number of anilines is 1. The molecule has 1 heterocycles. The van der Waals surface area contributed by atoms with E-state index in [2.05, 4.69) is 11.4 Å². The van der Waals surface area contributed by atoms with Crippen molar-refractivity contribution in [2.24, 2.45) is 5.73 Å². The summed E-state index contributed by atoms with van der Waals surface area (Å²) in [5.74, 6) is 0.120. The van der Waals surface area contributed by atoms with Crippen molar-refractivity contribution in [1.29, 1.82) is 0 Å². The molecule has 1 aromatic rings. The fraction of sp³-hybridized carbons (Fsp3) is 0.533. The minimum absolute atomic E-state index is 0.120. The second kappa shape index (κ2) is 4.39. The fourth-order valence-corrected chi connectivity index (χ4v) is 3.34. The number of hydrogen-bond acceptors (Lipinski definition) is 2. The third kappa shape index (κ3) is 1.93. The van der Waals surface area contributed by atoms with E-state index in [1.54, 1.807) is 0 Å². The Labute approximate surface area is 108 Å². The maximum Gasteiger partial charge on any atom is 0.224 e. The molecular weight excluding hydrogens is 224 g/mol. The molecule has 3 N–H and O–H groups in total. The van der Waals surface area contributed by atoms with Crippen molar-refractivity contribution in [3.63, 3.8) is 0 Å². The van der Waals surface area contributed by atoms with Gasteiger partial charge in [-0.3, -0.25) is 4.79 Å². The van der Waals surface area contributed by atoms with Crippen LogP contribution in [0.1, 0.15) is 49.7 Å². The summed E-state index contributed by atoms with van der Waals surface area (Å²) >= 11 is 0. The van der Waals surface area contributed by atoms with Crippen LogP contribution in [0.15, 0.2) is 18.2 Å². The van der Waals surface area contributed by atoms with Crippen molar-refractivity contribution in [2.45, 2.75) is 50.5 Å². The molecule has 2 aliphatic rings. The molecule has 18 heavy (non-hydrogen) atoms. The number of hydrogen-bond donors (Lipinski definition) is 2. The highest BCUT2D eigenvalue weighted by Gasteiger charge is 2.33. The average molecular weight is 244 g/mol. The van der Waals surface area contributed by atoms with Crippen molar-refractivity contribution in [2.75, 3.05) is 5.32 Å². The van der Waals surface area contributed by atoms with Crippen LogP contribution in [0.3, 0.4) is 0 Å². The van der Waals surface area contributed by atoms with Gasteiger partial charge in [0.1, 0.15) is 0 Å². The number of carbonyl (C=O) groups is 1. The van der Waals surface area contributed by atoms with Crippen LogP contribution in [0.5, 0.6) is 0 Å². The fourth-order valence-electron chi connectivity index (χ4n) is 3.34. The molecule has 0 aromatic heterocycles. The van der Waals surface area contributed by atoms with E-state index < -0.39 is 0 Å². The Kier molecular flexibility index (Phi) is 2.86. The van der Waals surface area contributed by atoms with Crippen LogP contribution in [0.4, 0.5) is 5.69 Å². The smallest absolute Gasteiger partial charge is 0.224 e. The Morgan fingerprint density at radius 1 is 1.11 bits per heavy atom. The first-order chi connectivity index (χ1) is 8.69. The summed E-state index contributed by atoms with van der Waals surface area (Å²) in [4.78, 5) is 11.5. The van der Waals surface area contributed by atoms with Gasteiger partial charge in [-0.1, -0.05) is 31.4 Å². The number of fused-ring (bicyclic) bond motifs is 1. The van der Waals surface area contributed by atoms with Gasteiger partial charge >= 0.3 is 0 Å². The highest BCUT2D eigenvalue weighted by Crippen LogP contribution is 2.39. The second-order valence-electron chi connectivity index (χ2n) is 5.60. The molecule has 3 rings (SSSR count). The van der Waals surface area contributed by atoms with Gasteiger partial charge in [-0.2, -0.15) is 0 Å². The number of benzene rings is 1. The van der Waals surface area contributed by atoms with E-state index in [0.29, 0.717) is 6.42 Å². The normalized spacial score (nSPS) is 22.2. The maximum atomic E-state index is 11.5. The van der Waals surface area contributed by atoms with Gasteiger partial charge in [0, 0.05) is 17.6 Å².